The second kappa shape index (κ2) is 7.04. The maximum absolute atomic E-state index is 13.3. The number of hydrogen-bond acceptors (Lipinski definition) is 2. The summed E-state index contributed by atoms with van der Waals surface area (Å²) in [6.07, 6.45) is -2.42. The Labute approximate surface area is 104 Å². The first-order valence-corrected chi connectivity index (χ1v) is 5.37. The summed E-state index contributed by atoms with van der Waals surface area (Å²) in [6, 6.07) is 4.14. The second-order valence-corrected chi connectivity index (χ2v) is 3.90. The predicted octanol–water partition coefficient (Wildman–Crippen LogP) is 1.87. The van der Waals surface area contributed by atoms with E-state index in [4.69, 9.17) is 5.11 Å². The van der Waals surface area contributed by atoms with Crippen molar-refractivity contribution in [2.45, 2.75) is 13.0 Å². The number of halogens is 3. The minimum Gasteiger partial charge on any atom is -0.384 e. The number of nitrogens with zero attached hydrogens (tertiary/aromatic N) is 1. The summed E-state index contributed by atoms with van der Waals surface area (Å²) in [6.45, 7) is -0.457. The van der Waals surface area contributed by atoms with E-state index in [1.165, 1.54) is 24.1 Å². The van der Waals surface area contributed by atoms with E-state index in [1.807, 2.05) is 0 Å². The number of benzene rings is 1. The van der Waals surface area contributed by atoms with Gasteiger partial charge in [0.1, 0.15) is 12.4 Å². The first-order valence-electron chi connectivity index (χ1n) is 5.37. The molecular formula is C13H14F3NO. The Hall–Kier alpha value is -1.51. The van der Waals surface area contributed by atoms with Gasteiger partial charge in [-0.15, -0.1) is 0 Å². The molecule has 0 aromatic heterocycles. The fraction of sp³-hybridized carbons (Fsp3) is 0.385. The van der Waals surface area contributed by atoms with Crippen LogP contribution in [0.1, 0.15) is 11.1 Å². The van der Waals surface area contributed by atoms with Crippen molar-refractivity contribution >= 4 is 0 Å². The molecule has 0 atom stereocenters. The smallest absolute Gasteiger partial charge is 0.251 e. The molecule has 0 spiro atoms. The Kier molecular flexibility index (Phi) is 5.69. The van der Waals surface area contributed by atoms with Crippen LogP contribution in [-0.4, -0.2) is 36.6 Å². The molecule has 1 N–H and O–H groups in total. The number of rotatable bonds is 4. The predicted molar refractivity (Wildman–Crippen MR) is 62.7 cm³/mol. The summed E-state index contributed by atoms with van der Waals surface area (Å²) in [5.74, 6) is 4.52. The van der Waals surface area contributed by atoms with Gasteiger partial charge in [-0.3, -0.25) is 4.90 Å². The van der Waals surface area contributed by atoms with Crippen molar-refractivity contribution in [2.75, 3.05) is 20.2 Å². The quantitative estimate of drug-likeness (QED) is 0.832. The molecule has 0 fully saturated rings. The van der Waals surface area contributed by atoms with Crippen LogP contribution in [0.15, 0.2) is 18.2 Å². The van der Waals surface area contributed by atoms with Gasteiger partial charge in [0.2, 0.25) is 0 Å². The third-order valence-corrected chi connectivity index (χ3v) is 2.17. The molecule has 0 saturated heterocycles. The van der Waals surface area contributed by atoms with E-state index < -0.39 is 12.2 Å². The summed E-state index contributed by atoms with van der Waals surface area (Å²) >= 11 is 0. The lowest BCUT2D eigenvalue weighted by Crippen LogP contribution is -2.24. The molecule has 0 aliphatic heterocycles. The average molecular weight is 257 g/mol. The standard InChI is InChI=1S/C13H14F3NO/c1-17(9-13(15)16)8-11-5-10(3-2-4-18)6-12(14)7-11/h5-7,13,18H,4,8-9H2,1H3. The van der Waals surface area contributed by atoms with Gasteiger partial charge in [0.25, 0.3) is 6.43 Å². The minimum absolute atomic E-state index is 0.218. The van der Waals surface area contributed by atoms with Crippen molar-refractivity contribution < 1.29 is 18.3 Å². The average Bonchev–Trinajstić information content (AvgIpc) is 2.24. The number of alkyl halides is 2. The maximum atomic E-state index is 13.3. The van der Waals surface area contributed by atoms with E-state index >= 15 is 0 Å². The van der Waals surface area contributed by atoms with Crippen molar-refractivity contribution in [1.29, 1.82) is 0 Å². The van der Waals surface area contributed by atoms with E-state index in [2.05, 4.69) is 11.8 Å². The molecular weight excluding hydrogens is 243 g/mol. The molecule has 0 aliphatic rings. The van der Waals surface area contributed by atoms with E-state index in [-0.39, 0.29) is 19.7 Å². The lowest BCUT2D eigenvalue weighted by Gasteiger charge is -2.16. The number of aliphatic hydroxyl groups is 1. The summed E-state index contributed by atoms with van der Waals surface area (Å²) in [5.41, 5.74) is 0.991. The van der Waals surface area contributed by atoms with Crippen LogP contribution in [0.2, 0.25) is 0 Å². The van der Waals surface area contributed by atoms with Gasteiger partial charge in [-0.2, -0.15) is 0 Å². The molecule has 18 heavy (non-hydrogen) atoms. The molecule has 0 radical (unpaired) electrons. The molecule has 0 amide bonds. The van der Waals surface area contributed by atoms with Gasteiger partial charge in [0.15, 0.2) is 0 Å². The topological polar surface area (TPSA) is 23.5 Å². The first kappa shape index (κ1) is 14.6. The molecule has 0 heterocycles. The van der Waals surface area contributed by atoms with Gasteiger partial charge in [0, 0.05) is 12.1 Å². The zero-order chi connectivity index (χ0) is 13.5. The monoisotopic (exact) mass is 257 g/mol. The Bertz CT molecular complexity index is 451. The molecule has 2 nitrogen and oxygen atoms in total. The van der Waals surface area contributed by atoms with Crippen LogP contribution in [0.5, 0.6) is 0 Å². The molecule has 98 valence electrons. The highest BCUT2D eigenvalue weighted by atomic mass is 19.3. The number of aliphatic hydroxyl groups excluding tert-OH is 1. The fourth-order valence-corrected chi connectivity index (χ4v) is 1.57. The molecule has 1 aromatic rings. The molecule has 0 aliphatic carbocycles. The minimum atomic E-state index is -2.42. The Balaban J connectivity index is 2.79. The molecule has 5 heteroatoms. The highest BCUT2D eigenvalue weighted by Crippen LogP contribution is 2.11. The van der Waals surface area contributed by atoms with Crippen molar-refractivity contribution in [3.63, 3.8) is 0 Å². The SMILES string of the molecule is CN(Cc1cc(F)cc(C#CCO)c1)CC(F)F. The van der Waals surface area contributed by atoms with E-state index in [9.17, 15) is 13.2 Å². The summed E-state index contributed by atoms with van der Waals surface area (Å²) < 4.78 is 37.6. The third-order valence-electron chi connectivity index (χ3n) is 2.17. The largest absolute Gasteiger partial charge is 0.384 e. The molecule has 0 bridgehead atoms. The highest BCUT2D eigenvalue weighted by Gasteiger charge is 2.09. The van der Waals surface area contributed by atoms with Crippen LogP contribution in [-0.2, 0) is 6.54 Å². The Morgan fingerprint density at radius 2 is 2.06 bits per heavy atom. The van der Waals surface area contributed by atoms with Crippen LogP contribution < -0.4 is 0 Å². The molecule has 0 saturated carbocycles. The van der Waals surface area contributed by atoms with E-state index in [1.54, 1.807) is 6.07 Å². The fourth-order valence-electron chi connectivity index (χ4n) is 1.57. The van der Waals surface area contributed by atoms with Crippen molar-refractivity contribution in [1.82, 2.24) is 4.90 Å². The zero-order valence-electron chi connectivity index (χ0n) is 9.96. The summed E-state index contributed by atoms with van der Waals surface area (Å²) in [5, 5.41) is 8.55. The Morgan fingerprint density at radius 3 is 2.67 bits per heavy atom. The van der Waals surface area contributed by atoms with Gasteiger partial charge in [0.05, 0.1) is 6.54 Å². The van der Waals surface area contributed by atoms with Crippen LogP contribution in [0.25, 0.3) is 0 Å². The van der Waals surface area contributed by atoms with Crippen molar-refractivity contribution in [3.8, 4) is 11.8 Å². The summed E-state index contributed by atoms with van der Waals surface area (Å²) in [4.78, 5) is 1.41. The van der Waals surface area contributed by atoms with Gasteiger partial charge in [-0.25, -0.2) is 13.2 Å². The lowest BCUT2D eigenvalue weighted by molar-refractivity contribution is 0.0975. The van der Waals surface area contributed by atoms with Crippen LogP contribution in [0, 0.1) is 17.7 Å². The van der Waals surface area contributed by atoms with E-state index in [0.717, 1.165) is 0 Å². The van der Waals surface area contributed by atoms with Crippen LogP contribution >= 0.6 is 0 Å². The van der Waals surface area contributed by atoms with E-state index in [0.29, 0.717) is 11.1 Å². The van der Waals surface area contributed by atoms with Crippen LogP contribution in [0.3, 0.4) is 0 Å². The maximum Gasteiger partial charge on any atom is 0.251 e. The van der Waals surface area contributed by atoms with Crippen molar-refractivity contribution in [3.05, 3.63) is 35.1 Å². The molecule has 1 rings (SSSR count). The van der Waals surface area contributed by atoms with Crippen LogP contribution in [0.4, 0.5) is 13.2 Å². The Morgan fingerprint density at radius 1 is 1.33 bits per heavy atom. The van der Waals surface area contributed by atoms with Gasteiger partial charge in [-0.1, -0.05) is 11.8 Å². The third kappa shape index (κ3) is 5.21. The van der Waals surface area contributed by atoms with Crippen molar-refractivity contribution in [2.24, 2.45) is 0 Å². The second-order valence-electron chi connectivity index (χ2n) is 3.90. The van der Waals surface area contributed by atoms with Gasteiger partial charge >= 0.3 is 0 Å². The number of hydrogen-bond donors (Lipinski definition) is 1. The lowest BCUT2D eigenvalue weighted by atomic mass is 10.1. The first-order chi connectivity index (χ1) is 8.51. The highest BCUT2D eigenvalue weighted by molar-refractivity contribution is 5.37. The summed E-state index contributed by atoms with van der Waals surface area (Å²) in [7, 11) is 1.54. The normalized spacial score (nSPS) is 10.6. The molecule has 0 unspecified atom stereocenters. The van der Waals surface area contributed by atoms with Gasteiger partial charge in [-0.05, 0) is 30.8 Å². The molecule has 1 aromatic carbocycles. The zero-order valence-corrected chi connectivity index (χ0v) is 9.96. The van der Waals surface area contributed by atoms with Gasteiger partial charge < -0.3 is 5.11 Å².